The summed E-state index contributed by atoms with van der Waals surface area (Å²) >= 11 is 1.55. The lowest BCUT2D eigenvalue weighted by Gasteiger charge is -2.36. The van der Waals surface area contributed by atoms with Crippen molar-refractivity contribution in [3.63, 3.8) is 0 Å². The fourth-order valence-corrected chi connectivity index (χ4v) is 6.41. The third-order valence-corrected chi connectivity index (χ3v) is 8.21. The van der Waals surface area contributed by atoms with Crippen molar-refractivity contribution in [3.05, 3.63) is 23.3 Å². The number of amides is 2. The second-order valence-corrected chi connectivity index (χ2v) is 10.3. The van der Waals surface area contributed by atoms with Gasteiger partial charge in [0.2, 0.25) is 15.9 Å². The quantitative estimate of drug-likeness (QED) is 0.666. The molecule has 2 amide bonds. The first-order valence-electron chi connectivity index (χ1n) is 9.21. The van der Waals surface area contributed by atoms with Crippen molar-refractivity contribution >= 4 is 33.6 Å². The Kier molecular flexibility index (Phi) is 5.16. The molecule has 1 aromatic carbocycles. The van der Waals surface area contributed by atoms with Crippen molar-refractivity contribution in [1.82, 2.24) is 14.1 Å². The lowest BCUT2D eigenvalue weighted by molar-refractivity contribution is -0.136. The molecule has 0 bridgehead atoms. The van der Waals surface area contributed by atoms with Crippen LogP contribution in [0.15, 0.2) is 12.1 Å². The lowest BCUT2D eigenvalue weighted by atomic mass is 10.1. The number of rotatable bonds is 4. The van der Waals surface area contributed by atoms with Crippen LogP contribution in [0.25, 0.3) is 0 Å². The highest BCUT2D eigenvalue weighted by molar-refractivity contribution is 7.99. The van der Waals surface area contributed by atoms with Gasteiger partial charge in [-0.15, -0.1) is 11.8 Å². The Bertz CT molecular complexity index is 959. The van der Waals surface area contributed by atoms with Gasteiger partial charge in [-0.05, 0) is 6.07 Å². The first-order chi connectivity index (χ1) is 13.8. The summed E-state index contributed by atoms with van der Waals surface area (Å²) in [6.07, 6.45) is 1.17. The molecule has 11 heteroatoms. The molecule has 1 aromatic rings. The van der Waals surface area contributed by atoms with E-state index >= 15 is 0 Å². The molecule has 4 rings (SSSR count). The highest BCUT2D eigenvalue weighted by Crippen LogP contribution is 2.52. The van der Waals surface area contributed by atoms with E-state index in [0.717, 1.165) is 5.56 Å². The van der Waals surface area contributed by atoms with Gasteiger partial charge >= 0.3 is 0 Å². The third kappa shape index (κ3) is 3.24. The Labute approximate surface area is 174 Å². The fourth-order valence-electron chi connectivity index (χ4n) is 4.13. The van der Waals surface area contributed by atoms with Crippen LogP contribution in [0.1, 0.15) is 21.3 Å². The molecule has 0 spiro atoms. The van der Waals surface area contributed by atoms with Crippen LogP contribution in [0, 0.1) is 0 Å². The van der Waals surface area contributed by atoms with Crippen LogP contribution in [0.3, 0.4) is 0 Å². The summed E-state index contributed by atoms with van der Waals surface area (Å²) in [5.74, 6) is 0.998. The van der Waals surface area contributed by atoms with Gasteiger partial charge in [-0.3, -0.25) is 9.59 Å². The van der Waals surface area contributed by atoms with E-state index < -0.39 is 16.1 Å². The number of nitrogens with zero attached hydrogens (tertiary/aromatic N) is 3. The van der Waals surface area contributed by atoms with Crippen molar-refractivity contribution < 1.29 is 27.5 Å². The van der Waals surface area contributed by atoms with Crippen molar-refractivity contribution in [2.75, 3.05) is 52.4 Å². The molecule has 3 aliphatic heterocycles. The van der Waals surface area contributed by atoms with Crippen LogP contribution in [-0.4, -0.2) is 92.8 Å². The minimum Gasteiger partial charge on any atom is -0.493 e. The Morgan fingerprint density at radius 1 is 1.14 bits per heavy atom. The lowest BCUT2D eigenvalue weighted by Crippen LogP contribution is -2.55. The number of benzene rings is 1. The second-order valence-electron chi connectivity index (χ2n) is 7.17. The van der Waals surface area contributed by atoms with Crippen LogP contribution in [0.2, 0.25) is 0 Å². The molecule has 3 heterocycles. The minimum absolute atomic E-state index is 0.139. The van der Waals surface area contributed by atoms with E-state index in [4.69, 9.17) is 9.47 Å². The van der Waals surface area contributed by atoms with E-state index in [1.807, 2.05) is 6.07 Å². The topological polar surface area (TPSA) is 96.5 Å². The maximum absolute atomic E-state index is 13.2. The van der Waals surface area contributed by atoms with E-state index in [2.05, 4.69) is 0 Å². The highest BCUT2D eigenvalue weighted by Gasteiger charge is 2.51. The molecular formula is C18H23N3O6S2. The molecule has 2 atom stereocenters. The molecule has 9 nitrogen and oxygen atoms in total. The summed E-state index contributed by atoms with van der Waals surface area (Å²) < 4.78 is 35.5. The molecule has 0 saturated carbocycles. The van der Waals surface area contributed by atoms with Gasteiger partial charge in [0, 0.05) is 37.5 Å². The molecule has 2 saturated heterocycles. The summed E-state index contributed by atoms with van der Waals surface area (Å²) in [5, 5.41) is -0.233. The predicted octanol–water partition coefficient (Wildman–Crippen LogP) is 0.377. The van der Waals surface area contributed by atoms with Crippen molar-refractivity contribution in [2.45, 2.75) is 11.4 Å². The molecule has 0 radical (unpaired) electrons. The first kappa shape index (κ1) is 20.3. The normalized spacial score (nSPS) is 24.4. The Morgan fingerprint density at radius 3 is 2.41 bits per heavy atom. The van der Waals surface area contributed by atoms with Crippen molar-refractivity contribution in [2.24, 2.45) is 0 Å². The van der Waals surface area contributed by atoms with E-state index in [9.17, 15) is 18.0 Å². The summed E-state index contributed by atoms with van der Waals surface area (Å²) in [4.78, 5) is 29.7. The van der Waals surface area contributed by atoms with Crippen LogP contribution >= 0.6 is 11.8 Å². The molecule has 0 aliphatic carbocycles. The van der Waals surface area contributed by atoms with Crippen LogP contribution in [0.4, 0.5) is 0 Å². The number of fused-ring (bicyclic) bond motifs is 3. The second kappa shape index (κ2) is 7.37. The Hall–Kier alpha value is -1.98. The number of carbonyl (C=O) groups is 2. The molecular weight excluding hydrogens is 418 g/mol. The van der Waals surface area contributed by atoms with Gasteiger partial charge in [-0.2, -0.15) is 4.31 Å². The molecule has 29 heavy (non-hydrogen) atoms. The molecule has 2 fully saturated rings. The standard InChI is InChI=1S/C18H23N3O6S2/c1-26-13-5-4-11-14(15(13)27-2)17(23)21-12(10-28-18(11)21)16(22)19-6-8-20(9-7-19)29(3,24)25/h4-5,12,18H,6-10H2,1-3H3. The Morgan fingerprint density at radius 2 is 1.83 bits per heavy atom. The number of sulfonamides is 1. The zero-order chi connectivity index (χ0) is 20.9. The van der Waals surface area contributed by atoms with E-state index in [-0.39, 0.29) is 30.3 Å². The average Bonchev–Trinajstić information content (AvgIpc) is 3.26. The summed E-state index contributed by atoms with van der Waals surface area (Å²) in [6, 6.07) is 3.05. The summed E-state index contributed by atoms with van der Waals surface area (Å²) in [6.45, 7) is 1.19. The number of ether oxygens (including phenoxy) is 2. The molecule has 0 aromatic heterocycles. The smallest absolute Gasteiger partial charge is 0.260 e. The van der Waals surface area contributed by atoms with Gasteiger partial charge in [0.15, 0.2) is 11.5 Å². The summed E-state index contributed by atoms with van der Waals surface area (Å²) in [5.41, 5.74) is 1.28. The van der Waals surface area contributed by atoms with Crippen LogP contribution in [-0.2, 0) is 14.8 Å². The SMILES string of the molecule is COc1ccc2c(c1OC)C(=O)N1C(C(=O)N3CCN(S(C)(=O)=O)CC3)CSC21. The average molecular weight is 442 g/mol. The van der Waals surface area contributed by atoms with E-state index in [1.165, 1.54) is 24.8 Å². The van der Waals surface area contributed by atoms with E-state index in [1.54, 1.807) is 27.6 Å². The third-order valence-electron chi connectivity index (χ3n) is 5.60. The molecule has 3 aliphatic rings. The summed E-state index contributed by atoms with van der Waals surface area (Å²) in [7, 11) is -0.259. The molecule has 2 unspecified atom stereocenters. The predicted molar refractivity (Wildman–Crippen MR) is 108 cm³/mol. The number of methoxy groups -OCH3 is 2. The van der Waals surface area contributed by atoms with Crippen molar-refractivity contribution in [1.29, 1.82) is 0 Å². The van der Waals surface area contributed by atoms with Crippen LogP contribution < -0.4 is 9.47 Å². The fraction of sp³-hybridized carbons (Fsp3) is 0.556. The number of hydrogen-bond acceptors (Lipinski definition) is 7. The number of thioether (sulfide) groups is 1. The zero-order valence-electron chi connectivity index (χ0n) is 16.5. The maximum atomic E-state index is 13.2. The molecule has 158 valence electrons. The first-order valence-corrected chi connectivity index (χ1v) is 12.1. The van der Waals surface area contributed by atoms with E-state index in [0.29, 0.717) is 35.9 Å². The monoisotopic (exact) mass is 441 g/mol. The van der Waals surface area contributed by atoms with Gasteiger partial charge in [0.1, 0.15) is 11.4 Å². The van der Waals surface area contributed by atoms with Crippen LogP contribution in [0.5, 0.6) is 11.5 Å². The zero-order valence-corrected chi connectivity index (χ0v) is 18.1. The van der Waals surface area contributed by atoms with Gasteiger partial charge in [0.05, 0.1) is 26.0 Å². The Balaban J connectivity index is 1.55. The number of carbonyl (C=O) groups excluding carboxylic acids is 2. The molecule has 0 N–H and O–H groups in total. The number of piperazine rings is 1. The highest BCUT2D eigenvalue weighted by atomic mass is 32.2. The largest absolute Gasteiger partial charge is 0.493 e. The van der Waals surface area contributed by atoms with Crippen molar-refractivity contribution in [3.8, 4) is 11.5 Å². The maximum Gasteiger partial charge on any atom is 0.260 e. The van der Waals surface area contributed by atoms with Gasteiger partial charge < -0.3 is 19.3 Å². The minimum atomic E-state index is -3.27. The van der Waals surface area contributed by atoms with Gasteiger partial charge in [-0.25, -0.2) is 8.42 Å². The number of hydrogen-bond donors (Lipinski definition) is 0. The van der Waals surface area contributed by atoms with Gasteiger partial charge in [-0.1, -0.05) is 6.07 Å². The van der Waals surface area contributed by atoms with Gasteiger partial charge in [0.25, 0.3) is 5.91 Å².